The van der Waals surface area contributed by atoms with E-state index in [9.17, 15) is 0 Å². The smallest absolute Gasteiger partial charge is 0.191 e. The molecule has 0 amide bonds. The van der Waals surface area contributed by atoms with E-state index in [1.165, 1.54) is 71.0 Å². The Balaban J connectivity index is 0.00000242. The van der Waals surface area contributed by atoms with Gasteiger partial charge in [0.15, 0.2) is 5.96 Å². The molecule has 0 radical (unpaired) electrons. The fourth-order valence-electron chi connectivity index (χ4n) is 3.47. The second-order valence-corrected chi connectivity index (χ2v) is 6.86. The van der Waals surface area contributed by atoms with E-state index in [2.05, 4.69) is 27.4 Å². The Morgan fingerprint density at radius 1 is 1.09 bits per heavy atom. The molecule has 0 aromatic rings. The van der Waals surface area contributed by atoms with Gasteiger partial charge in [0.1, 0.15) is 0 Å². The molecule has 130 valence electrons. The van der Waals surface area contributed by atoms with Crippen LogP contribution in [0.3, 0.4) is 0 Å². The summed E-state index contributed by atoms with van der Waals surface area (Å²) in [4.78, 5) is 6.95. The van der Waals surface area contributed by atoms with Gasteiger partial charge in [0, 0.05) is 19.6 Å². The minimum absolute atomic E-state index is 0. The number of aliphatic imine (C=N–C) groups is 1. The van der Waals surface area contributed by atoms with E-state index in [1.54, 1.807) is 0 Å². The molecule has 0 aromatic carbocycles. The largest absolute Gasteiger partial charge is 0.356 e. The van der Waals surface area contributed by atoms with E-state index in [1.807, 2.05) is 7.05 Å². The minimum atomic E-state index is 0. The summed E-state index contributed by atoms with van der Waals surface area (Å²) in [7, 11) is 1.88. The number of likely N-dealkylation sites (tertiary alicyclic amines) is 1. The Kier molecular flexibility index (Phi) is 10.4. The lowest BCUT2D eigenvalue weighted by Gasteiger charge is -2.28. The highest BCUT2D eigenvalue weighted by Crippen LogP contribution is 2.23. The molecule has 0 bridgehead atoms. The Bertz CT molecular complexity index is 308. The van der Waals surface area contributed by atoms with Crippen LogP contribution in [0.1, 0.15) is 58.3 Å². The van der Waals surface area contributed by atoms with Crippen molar-refractivity contribution >= 4 is 29.9 Å². The van der Waals surface area contributed by atoms with E-state index in [4.69, 9.17) is 0 Å². The normalized spacial score (nSPS) is 26.5. The van der Waals surface area contributed by atoms with Crippen LogP contribution in [0.25, 0.3) is 0 Å². The van der Waals surface area contributed by atoms with Crippen molar-refractivity contribution in [3.8, 4) is 0 Å². The first kappa shape index (κ1) is 20.0. The number of nitrogens with zero attached hydrogens (tertiary/aromatic N) is 2. The van der Waals surface area contributed by atoms with Crippen molar-refractivity contribution in [2.24, 2.45) is 10.9 Å². The fraction of sp³-hybridized carbons (Fsp3) is 0.941. The van der Waals surface area contributed by atoms with Crippen molar-refractivity contribution in [3.63, 3.8) is 0 Å². The Labute approximate surface area is 153 Å². The van der Waals surface area contributed by atoms with Crippen molar-refractivity contribution in [2.75, 3.05) is 33.2 Å². The van der Waals surface area contributed by atoms with Gasteiger partial charge in [0.05, 0.1) is 0 Å². The van der Waals surface area contributed by atoms with Crippen LogP contribution in [0.15, 0.2) is 4.99 Å². The monoisotopic (exact) mass is 422 g/mol. The van der Waals surface area contributed by atoms with E-state index in [-0.39, 0.29) is 24.0 Å². The zero-order valence-corrected chi connectivity index (χ0v) is 16.8. The van der Waals surface area contributed by atoms with Crippen molar-refractivity contribution in [2.45, 2.75) is 64.3 Å². The molecule has 5 heteroatoms. The third-order valence-corrected chi connectivity index (χ3v) is 4.97. The molecule has 1 aliphatic carbocycles. The topological polar surface area (TPSA) is 39.7 Å². The highest BCUT2D eigenvalue weighted by Gasteiger charge is 2.18. The summed E-state index contributed by atoms with van der Waals surface area (Å²) in [6.45, 7) is 7.31. The van der Waals surface area contributed by atoms with Crippen LogP contribution in [0, 0.1) is 5.92 Å². The van der Waals surface area contributed by atoms with Gasteiger partial charge in [-0.1, -0.05) is 6.92 Å². The Morgan fingerprint density at radius 3 is 2.41 bits per heavy atom. The van der Waals surface area contributed by atoms with Gasteiger partial charge in [-0.2, -0.15) is 0 Å². The fourth-order valence-corrected chi connectivity index (χ4v) is 3.47. The average Bonchev–Trinajstić information content (AvgIpc) is 3.01. The van der Waals surface area contributed by atoms with E-state index < -0.39 is 0 Å². The van der Waals surface area contributed by atoms with Crippen molar-refractivity contribution < 1.29 is 0 Å². The average molecular weight is 422 g/mol. The third-order valence-electron chi connectivity index (χ3n) is 4.97. The van der Waals surface area contributed by atoms with E-state index in [0.717, 1.165) is 18.4 Å². The van der Waals surface area contributed by atoms with Crippen molar-refractivity contribution in [1.82, 2.24) is 15.5 Å². The van der Waals surface area contributed by atoms with Gasteiger partial charge < -0.3 is 15.5 Å². The van der Waals surface area contributed by atoms with Gasteiger partial charge >= 0.3 is 0 Å². The number of nitrogens with one attached hydrogen (secondary N) is 2. The number of halogens is 1. The number of unbranched alkanes of at least 4 members (excludes halogenated alkanes) is 1. The number of hydrogen-bond acceptors (Lipinski definition) is 2. The van der Waals surface area contributed by atoms with Crippen LogP contribution < -0.4 is 10.6 Å². The van der Waals surface area contributed by atoms with Gasteiger partial charge in [-0.25, -0.2) is 0 Å². The molecule has 2 fully saturated rings. The summed E-state index contributed by atoms with van der Waals surface area (Å²) in [5.41, 5.74) is 0. The summed E-state index contributed by atoms with van der Waals surface area (Å²) in [5, 5.41) is 7.06. The SMILES string of the molecule is CN=C(NCCCCN1CCCC1)NC1CCC(C)CC1.I. The maximum Gasteiger partial charge on any atom is 0.191 e. The van der Waals surface area contributed by atoms with Crippen LogP contribution in [-0.2, 0) is 0 Å². The summed E-state index contributed by atoms with van der Waals surface area (Å²) < 4.78 is 0. The standard InChI is InChI=1S/C17H34N4.HI/c1-15-7-9-16(10-8-15)20-17(18-2)19-11-3-4-12-21-13-5-6-14-21;/h15-16H,3-14H2,1-2H3,(H2,18,19,20);1H. The van der Waals surface area contributed by atoms with Crippen LogP contribution in [-0.4, -0.2) is 50.1 Å². The zero-order chi connectivity index (χ0) is 14.9. The first-order valence-electron chi connectivity index (χ1n) is 8.97. The lowest BCUT2D eigenvalue weighted by molar-refractivity contribution is 0.326. The van der Waals surface area contributed by atoms with Crippen LogP contribution in [0.5, 0.6) is 0 Å². The number of guanidine groups is 1. The molecule has 2 rings (SSSR count). The first-order valence-corrected chi connectivity index (χ1v) is 8.97. The van der Waals surface area contributed by atoms with Crippen molar-refractivity contribution in [3.05, 3.63) is 0 Å². The van der Waals surface area contributed by atoms with Crippen LogP contribution >= 0.6 is 24.0 Å². The second kappa shape index (κ2) is 11.5. The zero-order valence-electron chi connectivity index (χ0n) is 14.4. The number of hydrogen-bond donors (Lipinski definition) is 2. The second-order valence-electron chi connectivity index (χ2n) is 6.86. The summed E-state index contributed by atoms with van der Waals surface area (Å²) in [6.07, 6.45) is 10.6. The highest BCUT2D eigenvalue weighted by molar-refractivity contribution is 14.0. The maximum atomic E-state index is 4.36. The van der Waals surface area contributed by atoms with Crippen LogP contribution in [0.2, 0.25) is 0 Å². The summed E-state index contributed by atoms with van der Waals surface area (Å²) in [5.74, 6) is 1.90. The Hall–Kier alpha value is -0.0400. The van der Waals surface area contributed by atoms with Gasteiger partial charge in [0.2, 0.25) is 0 Å². The van der Waals surface area contributed by atoms with E-state index in [0.29, 0.717) is 6.04 Å². The van der Waals surface area contributed by atoms with E-state index >= 15 is 0 Å². The molecular weight excluding hydrogens is 387 g/mol. The predicted octanol–water partition coefficient (Wildman–Crippen LogP) is 3.22. The lowest BCUT2D eigenvalue weighted by Crippen LogP contribution is -2.45. The maximum absolute atomic E-state index is 4.36. The molecule has 1 aliphatic heterocycles. The molecule has 0 unspecified atom stereocenters. The molecule has 1 heterocycles. The van der Waals surface area contributed by atoms with Gasteiger partial charge in [-0.05, 0) is 76.9 Å². The van der Waals surface area contributed by atoms with Gasteiger partial charge in [-0.15, -0.1) is 24.0 Å². The molecule has 0 atom stereocenters. The lowest BCUT2D eigenvalue weighted by atomic mass is 9.87. The van der Waals surface area contributed by atoms with Gasteiger partial charge in [-0.3, -0.25) is 4.99 Å². The molecular formula is C17H35IN4. The highest BCUT2D eigenvalue weighted by atomic mass is 127. The molecule has 2 N–H and O–H groups in total. The quantitative estimate of drug-likeness (QED) is 0.299. The third kappa shape index (κ3) is 7.49. The predicted molar refractivity (Wildman–Crippen MR) is 106 cm³/mol. The number of rotatable bonds is 6. The molecule has 22 heavy (non-hydrogen) atoms. The van der Waals surface area contributed by atoms with Crippen molar-refractivity contribution in [1.29, 1.82) is 0 Å². The summed E-state index contributed by atoms with van der Waals surface area (Å²) >= 11 is 0. The van der Waals surface area contributed by atoms with Crippen LogP contribution in [0.4, 0.5) is 0 Å². The first-order chi connectivity index (χ1) is 10.3. The summed E-state index contributed by atoms with van der Waals surface area (Å²) in [6, 6.07) is 0.622. The molecule has 2 aliphatic rings. The molecule has 0 spiro atoms. The van der Waals surface area contributed by atoms with Gasteiger partial charge in [0.25, 0.3) is 0 Å². The Morgan fingerprint density at radius 2 is 1.77 bits per heavy atom. The molecule has 4 nitrogen and oxygen atoms in total. The molecule has 1 saturated carbocycles. The minimum Gasteiger partial charge on any atom is -0.356 e. The molecule has 1 saturated heterocycles. The molecule has 0 aromatic heterocycles.